The van der Waals surface area contributed by atoms with E-state index >= 15 is 0 Å². The van der Waals surface area contributed by atoms with Crippen molar-refractivity contribution in [2.24, 2.45) is 0 Å². The van der Waals surface area contributed by atoms with Crippen LogP contribution < -0.4 is 0 Å². The number of amides is 1. The minimum absolute atomic E-state index is 0.0220. The molecule has 2 aliphatic rings. The number of hydrogen-bond donors (Lipinski definition) is 0. The summed E-state index contributed by atoms with van der Waals surface area (Å²) in [6, 6.07) is 4.46. The molecule has 0 spiro atoms. The van der Waals surface area contributed by atoms with Gasteiger partial charge in [0.25, 0.3) is 0 Å². The lowest BCUT2D eigenvalue weighted by atomic mass is 10.2. The minimum atomic E-state index is -0.286. The molecule has 1 amide bonds. The fourth-order valence-electron chi connectivity index (χ4n) is 3.06. The van der Waals surface area contributed by atoms with Crippen LogP contribution in [0.15, 0.2) is 18.2 Å². The van der Waals surface area contributed by atoms with Gasteiger partial charge in [-0.1, -0.05) is 11.6 Å². The number of nitrogens with zero attached hydrogens (tertiary/aromatic N) is 2. The lowest BCUT2D eigenvalue weighted by molar-refractivity contribution is -0.131. The summed E-state index contributed by atoms with van der Waals surface area (Å²) in [5, 5.41) is 0.564. The van der Waals surface area contributed by atoms with Crippen molar-refractivity contribution in [3.63, 3.8) is 0 Å². The molecule has 6 heteroatoms. The van der Waals surface area contributed by atoms with Crippen molar-refractivity contribution in [1.29, 1.82) is 0 Å². The van der Waals surface area contributed by atoms with Crippen LogP contribution >= 0.6 is 11.6 Å². The molecule has 2 saturated heterocycles. The highest BCUT2D eigenvalue weighted by atomic mass is 35.5. The van der Waals surface area contributed by atoms with Gasteiger partial charge >= 0.3 is 0 Å². The summed E-state index contributed by atoms with van der Waals surface area (Å²) in [4.78, 5) is 15.8. The van der Waals surface area contributed by atoms with Gasteiger partial charge in [0.2, 0.25) is 5.91 Å². The van der Waals surface area contributed by atoms with Crippen molar-refractivity contribution >= 4 is 17.5 Å². The van der Waals surface area contributed by atoms with Crippen molar-refractivity contribution in [2.45, 2.75) is 25.1 Å². The van der Waals surface area contributed by atoms with Crippen LogP contribution in [0.1, 0.15) is 12.0 Å². The summed E-state index contributed by atoms with van der Waals surface area (Å²) < 4.78 is 19.1. The number of ether oxygens (including phenoxy) is 1. The molecule has 0 N–H and O–H groups in total. The van der Waals surface area contributed by atoms with E-state index in [1.54, 1.807) is 11.0 Å². The van der Waals surface area contributed by atoms with Gasteiger partial charge in [-0.15, -0.1) is 0 Å². The Morgan fingerprint density at radius 3 is 3.05 bits per heavy atom. The molecule has 2 heterocycles. The van der Waals surface area contributed by atoms with Crippen molar-refractivity contribution in [3.8, 4) is 0 Å². The van der Waals surface area contributed by atoms with E-state index in [-0.39, 0.29) is 23.9 Å². The summed E-state index contributed by atoms with van der Waals surface area (Å²) in [5.41, 5.74) is 0.766. The maximum Gasteiger partial charge on any atom is 0.225 e. The molecule has 0 saturated carbocycles. The fourth-order valence-corrected chi connectivity index (χ4v) is 3.24. The van der Waals surface area contributed by atoms with Gasteiger partial charge in [0.1, 0.15) is 5.82 Å². The standard InChI is InChI=1S/C15H18ClFN2O2/c1-18-13-8-19(9-14(13)21-5-4-15(18)20)7-10-6-11(17)2-3-12(10)16/h2-3,6,13-14H,4-5,7-9H2,1H3/t13-,14-/m0/s1. The maximum absolute atomic E-state index is 13.3. The predicted octanol–water partition coefficient (Wildman–Crippen LogP) is 1.91. The van der Waals surface area contributed by atoms with E-state index < -0.39 is 0 Å². The molecule has 2 aliphatic heterocycles. The Hall–Kier alpha value is -1.17. The Morgan fingerprint density at radius 1 is 1.43 bits per heavy atom. The van der Waals surface area contributed by atoms with Crippen LogP contribution in [0.25, 0.3) is 0 Å². The second-order valence-electron chi connectivity index (χ2n) is 5.66. The van der Waals surface area contributed by atoms with Crippen molar-refractivity contribution in [2.75, 3.05) is 26.7 Å². The lowest BCUT2D eigenvalue weighted by Gasteiger charge is -2.25. The van der Waals surface area contributed by atoms with Gasteiger partial charge in [0.05, 0.1) is 25.2 Å². The molecule has 114 valence electrons. The molecule has 2 atom stereocenters. The van der Waals surface area contributed by atoms with Crippen LogP contribution in [-0.2, 0) is 16.1 Å². The molecule has 0 aliphatic carbocycles. The van der Waals surface area contributed by atoms with Crippen LogP contribution in [0.3, 0.4) is 0 Å². The lowest BCUT2D eigenvalue weighted by Crippen LogP contribution is -2.42. The molecule has 0 unspecified atom stereocenters. The highest BCUT2D eigenvalue weighted by Gasteiger charge is 2.39. The van der Waals surface area contributed by atoms with Crippen LogP contribution in [-0.4, -0.2) is 54.6 Å². The molecule has 3 rings (SSSR count). The van der Waals surface area contributed by atoms with Crippen LogP contribution in [0.2, 0.25) is 5.02 Å². The average Bonchev–Trinajstić information content (AvgIpc) is 2.79. The Balaban J connectivity index is 1.72. The van der Waals surface area contributed by atoms with Gasteiger partial charge in [0, 0.05) is 31.7 Å². The molecule has 1 aromatic rings. The van der Waals surface area contributed by atoms with Gasteiger partial charge in [-0.25, -0.2) is 4.39 Å². The first-order valence-electron chi connectivity index (χ1n) is 7.08. The number of carbonyl (C=O) groups excluding carboxylic acids is 1. The third-order valence-electron chi connectivity index (χ3n) is 4.25. The number of fused-ring (bicyclic) bond motifs is 1. The molecule has 4 nitrogen and oxygen atoms in total. The van der Waals surface area contributed by atoms with Crippen molar-refractivity contribution in [3.05, 3.63) is 34.6 Å². The monoisotopic (exact) mass is 312 g/mol. The normalized spacial score (nSPS) is 26.8. The molecule has 0 bridgehead atoms. The Bertz CT molecular complexity index is 554. The summed E-state index contributed by atoms with van der Waals surface area (Å²) in [5.74, 6) is -0.167. The quantitative estimate of drug-likeness (QED) is 0.836. The largest absolute Gasteiger partial charge is 0.374 e. The second-order valence-corrected chi connectivity index (χ2v) is 6.07. The summed E-state index contributed by atoms with van der Waals surface area (Å²) in [6.07, 6.45) is 0.466. The van der Waals surface area contributed by atoms with Gasteiger partial charge in [-0.3, -0.25) is 9.69 Å². The van der Waals surface area contributed by atoms with Crippen molar-refractivity contribution in [1.82, 2.24) is 9.80 Å². The van der Waals surface area contributed by atoms with Gasteiger partial charge in [-0.2, -0.15) is 0 Å². The highest BCUT2D eigenvalue weighted by molar-refractivity contribution is 6.31. The molecule has 21 heavy (non-hydrogen) atoms. The summed E-state index contributed by atoms with van der Waals surface area (Å²) in [6.45, 7) is 2.49. The van der Waals surface area contributed by atoms with E-state index in [2.05, 4.69) is 4.90 Å². The minimum Gasteiger partial charge on any atom is -0.374 e. The molecule has 0 radical (unpaired) electrons. The molecule has 2 fully saturated rings. The molecular formula is C15H18ClFN2O2. The number of rotatable bonds is 2. The first-order valence-corrected chi connectivity index (χ1v) is 7.46. The van der Waals surface area contributed by atoms with Gasteiger partial charge in [0.15, 0.2) is 0 Å². The van der Waals surface area contributed by atoms with Gasteiger partial charge in [-0.05, 0) is 23.8 Å². The number of carbonyl (C=O) groups is 1. The summed E-state index contributed by atoms with van der Waals surface area (Å²) >= 11 is 6.12. The van der Waals surface area contributed by atoms with Crippen molar-refractivity contribution < 1.29 is 13.9 Å². The van der Waals surface area contributed by atoms with E-state index in [1.807, 2.05) is 7.05 Å². The average molecular weight is 313 g/mol. The van der Waals surface area contributed by atoms with E-state index in [0.29, 0.717) is 24.6 Å². The van der Waals surface area contributed by atoms with Crippen LogP contribution in [0.4, 0.5) is 4.39 Å². The number of benzene rings is 1. The fraction of sp³-hybridized carbons (Fsp3) is 0.533. The van der Waals surface area contributed by atoms with Gasteiger partial charge < -0.3 is 9.64 Å². The Kier molecular flexibility index (Phi) is 4.15. The zero-order valence-electron chi connectivity index (χ0n) is 11.9. The smallest absolute Gasteiger partial charge is 0.225 e. The zero-order chi connectivity index (χ0) is 15.0. The van der Waals surface area contributed by atoms with E-state index in [9.17, 15) is 9.18 Å². The number of likely N-dealkylation sites (tertiary alicyclic amines) is 1. The van der Waals surface area contributed by atoms with Crippen LogP contribution in [0, 0.1) is 5.82 Å². The Labute approximate surface area is 128 Å². The highest BCUT2D eigenvalue weighted by Crippen LogP contribution is 2.25. The Morgan fingerprint density at radius 2 is 2.24 bits per heavy atom. The topological polar surface area (TPSA) is 32.8 Å². The number of hydrogen-bond acceptors (Lipinski definition) is 3. The summed E-state index contributed by atoms with van der Waals surface area (Å²) in [7, 11) is 1.83. The first-order chi connectivity index (χ1) is 10.0. The van der Waals surface area contributed by atoms with E-state index in [0.717, 1.165) is 18.7 Å². The first kappa shape index (κ1) is 14.8. The van der Waals surface area contributed by atoms with E-state index in [1.165, 1.54) is 12.1 Å². The van der Waals surface area contributed by atoms with E-state index in [4.69, 9.17) is 16.3 Å². The third kappa shape index (κ3) is 3.05. The third-order valence-corrected chi connectivity index (χ3v) is 4.62. The second kappa shape index (κ2) is 5.91. The molecule has 1 aromatic carbocycles. The molecular weight excluding hydrogens is 295 g/mol. The molecule has 0 aromatic heterocycles. The SMILES string of the molecule is CN1C(=O)CCO[C@H]2CN(Cc3cc(F)ccc3Cl)C[C@@H]21. The van der Waals surface area contributed by atoms with Crippen LogP contribution in [0.5, 0.6) is 0 Å². The zero-order valence-corrected chi connectivity index (χ0v) is 12.6. The number of halogens is 2. The predicted molar refractivity (Wildman–Crippen MR) is 77.6 cm³/mol. The maximum atomic E-state index is 13.3. The number of likely N-dealkylation sites (N-methyl/N-ethyl adjacent to an activating group) is 1.